The number of benzene rings is 1. The SMILES string of the molecule is COCCCC12C=C(OC)C(=O)C=C1OC(c1cc(OC)c(OC)c(OC)c1)C2C. The van der Waals surface area contributed by atoms with E-state index in [9.17, 15) is 4.79 Å². The van der Waals surface area contributed by atoms with Crippen molar-refractivity contribution in [2.75, 3.05) is 42.2 Å². The molecule has 0 bridgehead atoms. The highest BCUT2D eigenvalue weighted by atomic mass is 16.5. The second-order valence-corrected chi connectivity index (χ2v) is 7.51. The lowest BCUT2D eigenvalue weighted by molar-refractivity contribution is -0.114. The Bertz CT molecular complexity index is 832. The van der Waals surface area contributed by atoms with Crippen LogP contribution in [0.25, 0.3) is 0 Å². The van der Waals surface area contributed by atoms with Gasteiger partial charge in [-0.1, -0.05) is 6.92 Å². The molecule has 3 unspecified atom stereocenters. The van der Waals surface area contributed by atoms with Crippen LogP contribution in [0, 0.1) is 11.3 Å². The number of hydrogen-bond acceptors (Lipinski definition) is 7. The van der Waals surface area contributed by atoms with E-state index in [2.05, 4.69) is 6.92 Å². The molecule has 30 heavy (non-hydrogen) atoms. The lowest BCUT2D eigenvalue weighted by Crippen LogP contribution is -2.30. The van der Waals surface area contributed by atoms with Crippen LogP contribution in [0.4, 0.5) is 0 Å². The number of carbonyl (C=O) groups excluding carboxylic acids is 1. The van der Waals surface area contributed by atoms with Gasteiger partial charge in [-0.05, 0) is 31.1 Å². The molecule has 0 saturated carbocycles. The monoisotopic (exact) mass is 418 g/mol. The van der Waals surface area contributed by atoms with Gasteiger partial charge in [-0.15, -0.1) is 0 Å². The summed E-state index contributed by atoms with van der Waals surface area (Å²) in [4.78, 5) is 12.4. The van der Waals surface area contributed by atoms with Crippen LogP contribution in [0.2, 0.25) is 0 Å². The normalized spacial score (nSPS) is 25.1. The summed E-state index contributed by atoms with van der Waals surface area (Å²) in [6.07, 6.45) is 4.77. The van der Waals surface area contributed by atoms with Gasteiger partial charge in [-0.2, -0.15) is 0 Å². The van der Waals surface area contributed by atoms with Crippen molar-refractivity contribution < 1.29 is 33.2 Å². The standard InChI is InChI=1S/C23H30O7/c1-14-21(15-10-17(26-3)22(29-6)18(11-15)27-4)30-20-12-16(24)19(28-5)13-23(14,20)8-7-9-25-2/h10-14,21H,7-9H2,1-6H3. The van der Waals surface area contributed by atoms with Crippen LogP contribution in [-0.4, -0.2) is 47.9 Å². The van der Waals surface area contributed by atoms with Crippen molar-refractivity contribution >= 4 is 5.78 Å². The number of allylic oxidation sites excluding steroid dienone is 2. The summed E-state index contributed by atoms with van der Waals surface area (Å²) in [5, 5.41) is 0. The maximum Gasteiger partial charge on any atom is 0.223 e. The summed E-state index contributed by atoms with van der Waals surface area (Å²) < 4.78 is 33.5. The molecule has 7 nitrogen and oxygen atoms in total. The summed E-state index contributed by atoms with van der Waals surface area (Å²) in [7, 11) is 7.94. The third kappa shape index (κ3) is 3.62. The Morgan fingerprint density at radius 3 is 2.20 bits per heavy atom. The van der Waals surface area contributed by atoms with Gasteiger partial charge in [0.15, 0.2) is 17.3 Å². The van der Waals surface area contributed by atoms with Crippen molar-refractivity contribution in [2.45, 2.75) is 25.9 Å². The molecule has 164 valence electrons. The first-order chi connectivity index (χ1) is 14.4. The van der Waals surface area contributed by atoms with Crippen LogP contribution in [0.1, 0.15) is 31.4 Å². The van der Waals surface area contributed by atoms with Crippen LogP contribution in [0.15, 0.2) is 35.8 Å². The van der Waals surface area contributed by atoms with E-state index in [4.69, 9.17) is 28.4 Å². The number of rotatable bonds is 9. The average molecular weight is 418 g/mol. The molecular weight excluding hydrogens is 388 g/mol. The van der Waals surface area contributed by atoms with Crippen LogP contribution < -0.4 is 14.2 Å². The molecule has 3 rings (SSSR count). The Morgan fingerprint density at radius 1 is 1.00 bits per heavy atom. The minimum Gasteiger partial charge on any atom is -0.493 e. The van der Waals surface area contributed by atoms with Crippen LogP contribution >= 0.6 is 0 Å². The number of ketones is 1. The smallest absolute Gasteiger partial charge is 0.223 e. The van der Waals surface area contributed by atoms with E-state index < -0.39 is 5.41 Å². The van der Waals surface area contributed by atoms with Gasteiger partial charge in [-0.3, -0.25) is 4.79 Å². The molecule has 0 amide bonds. The van der Waals surface area contributed by atoms with Crippen molar-refractivity contribution in [3.05, 3.63) is 41.4 Å². The van der Waals surface area contributed by atoms with Crippen molar-refractivity contribution in [1.82, 2.24) is 0 Å². The predicted molar refractivity (Wildman–Crippen MR) is 111 cm³/mol. The molecule has 0 radical (unpaired) electrons. The maximum absolute atomic E-state index is 12.4. The highest BCUT2D eigenvalue weighted by Gasteiger charge is 2.53. The molecule has 1 aromatic rings. The molecule has 1 heterocycles. The maximum atomic E-state index is 12.4. The number of ether oxygens (including phenoxy) is 6. The fraction of sp³-hybridized carbons (Fsp3) is 0.522. The summed E-state index contributed by atoms with van der Waals surface area (Å²) >= 11 is 0. The van der Waals surface area contributed by atoms with Crippen LogP contribution in [0.5, 0.6) is 17.2 Å². The minimum atomic E-state index is -0.456. The lowest BCUT2D eigenvalue weighted by Gasteiger charge is -2.32. The number of methoxy groups -OCH3 is 5. The first-order valence-electron chi connectivity index (χ1n) is 9.94. The zero-order valence-corrected chi connectivity index (χ0v) is 18.4. The van der Waals surface area contributed by atoms with Gasteiger partial charge in [0.05, 0.1) is 33.9 Å². The highest BCUT2D eigenvalue weighted by Crippen LogP contribution is 2.58. The molecule has 1 aromatic carbocycles. The minimum absolute atomic E-state index is 0.0293. The van der Waals surface area contributed by atoms with Gasteiger partial charge in [0, 0.05) is 31.3 Å². The lowest BCUT2D eigenvalue weighted by atomic mass is 9.68. The van der Waals surface area contributed by atoms with Gasteiger partial charge in [-0.25, -0.2) is 0 Å². The molecule has 1 fully saturated rings. The number of hydrogen-bond donors (Lipinski definition) is 0. The van der Waals surface area contributed by atoms with E-state index in [1.807, 2.05) is 18.2 Å². The fourth-order valence-corrected chi connectivity index (χ4v) is 4.42. The summed E-state index contributed by atoms with van der Waals surface area (Å²) in [6.45, 7) is 2.75. The average Bonchev–Trinajstić information content (AvgIpc) is 3.03. The molecule has 2 aliphatic rings. The van der Waals surface area contributed by atoms with Gasteiger partial charge in [0.25, 0.3) is 0 Å². The van der Waals surface area contributed by atoms with E-state index in [1.165, 1.54) is 7.11 Å². The summed E-state index contributed by atoms with van der Waals surface area (Å²) in [6, 6.07) is 3.79. The zero-order chi connectivity index (χ0) is 21.9. The number of fused-ring (bicyclic) bond motifs is 1. The van der Waals surface area contributed by atoms with Gasteiger partial charge in [0.2, 0.25) is 11.5 Å². The van der Waals surface area contributed by atoms with Crippen LogP contribution in [-0.2, 0) is 19.0 Å². The van der Waals surface area contributed by atoms with E-state index >= 15 is 0 Å². The molecule has 7 heteroatoms. The largest absolute Gasteiger partial charge is 0.493 e. The Kier molecular flexibility index (Phi) is 6.61. The Hall–Kier alpha value is -2.67. The molecule has 0 N–H and O–H groups in total. The summed E-state index contributed by atoms with van der Waals surface area (Å²) in [5.41, 5.74) is 0.432. The third-order valence-electron chi connectivity index (χ3n) is 6.05. The Labute approximate surface area is 177 Å². The summed E-state index contributed by atoms with van der Waals surface area (Å²) in [5.74, 6) is 2.49. The van der Waals surface area contributed by atoms with E-state index in [0.717, 1.165) is 18.4 Å². The molecule has 1 aliphatic carbocycles. The van der Waals surface area contributed by atoms with Crippen molar-refractivity contribution in [3.63, 3.8) is 0 Å². The van der Waals surface area contributed by atoms with Crippen LogP contribution in [0.3, 0.4) is 0 Å². The predicted octanol–water partition coefficient (Wildman–Crippen LogP) is 3.83. The molecule has 0 aromatic heterocycles. The van der Waals surface area contributed by atoms with Crippen molar-refractivity contribution in [2.24, 2.45) is 11.3 Å². The van der Waals surface area contributed by atoms with Gasteiger partial charge >= 0.3 is 0 Å². The van der Waals surface area contributed by atoms with E-state index in [0.29, 0.717) is 35.4 Å². The van der Waals surface area contributed by atoms with E-state index in [-0.39, 0.29) is 17.8 Å². The van der Waals surface area contributed by atoms with Crippen molar-refractivity contribution in [3.8, 4) is 17.2 Å². The molecular formula is C23H30O7. The zero-order valence-electron chi connectivity index (χ0n) is 18.4. The molecule has 3 atom stereocenters. The topological polar surface area (TPSA) is 72.5 Å². The van der Waals surface area contributed by atoms with Gasteiger partial charge in [0.1, 0.15) is 11.9 Å². The second kappa shape index (κ2) is 9.00. The quantitative estimate of drug-likeness (QED) is 0.564. The van der Waals surface area contributed by atoms with Gasteiger partial charge < -0.3 is 28.4 Å². The highest BCUT2D eigenvalue weighted by molar-refractivity contribution is 6.04. The third-order valence-corrected chi connectivity index (χ3v) is 6.05. The second-order valence-electron chi connectivity index (χ2n) is 7.51. The fourth-order valence-electron chi connectivity index (χ4n) is 4.42. The first kappa shape index (κ1) is 22.0. The molecule has 1 saturated heterocycles. The van der Waals surface area contributed by atoms with E-state index in [1.54, 1.807) is 34.5 Å². The Morgan fingerprint density at radius 2 is 1.67 bits per heavy atom. The number of carbonyl (C=O) groups is 1. The Balaban J connectivity index is 2.06. The van der Waals surface area contributed by atoms with Crippen molar-refractivity contribution in [1.29, 1.82) is 0 Å². The molecule has 0 spiro atoms. The molecule has 1 aliphatic heterocycles. The first-order valence-corrected chi connectivity index (χ1v) is 9.94.